The van der Waals surface area contributed by atoms with Gasteiger partial charge in [-0.05, 0) is 55.8 Å². The van der Waals surface area contributed by atoms with E-state index >= 15 is 0 Å². The van der Waals surface area contributed by atoms with E-state index in [4.69, 9.17) is 5.26 Å². The van der Waals surface area contributed by atoms with Gasteiger partial charge in [0.15, 0.2) is 5.82 Å². The minimum atomic E-state index is -0.242. The van der Waals surface area contributed by atoms with Crippen LogP contribution in [0.25, 0.3) is 16.9 Å². The highest BCUT2D eigenvalue weighted by Gasteiger charge is 2.26. The molecular weight excluding hydrogens is 404 g/mol. The molecule has 164 valence electrons. The molecule has 1 aliphatic heterocycles. The van der Waals surface area contributed by atoms with Crippen molar-refractivity contribution >= 4 is 5.91 Å². The summed E-state index contributed by atoms with van der Waals surface area (Å²) < 4.78 is 1.35. The number of aromatic nitrogens is 3. The molecule has 1 N–H and O–H groups in total. The van der Waals surface area contributed by atoms with Crippen molar-refractivity contribution in [2.45, 2.75) is 26.8 Å². The number of carbonyl (C=O) groups is 1. The molecule has 8 heteroatoms. The number of nitriles is 1. The number of H-pyrrole nitrogens is 1. The van der Waals surface area contributed by atoms with Crippen LogP contribution in [0.5, 0.6) is 0 Å². The lowest BCUT2D eigenvalue weighted by molar-refractivity contribution is 0.0528. The van der Waals surface area contributed by atoms with E-state index in [-0.39, 0.29) is 11.5 Å². The summed E-state index contributed by atoms with van der Waals surface area (Å²) in [7, 11) is 0. The Labute approximate surface area is 186 Å². The van der Waals surface area contributed by atoms with E-state index in [1.807, 2.05) is 11.8 Å². The number of aromatic amines is 1. The van der Waals surface area contributed by atoms with Gasteiger partial charge in [-0.2, -0.15) is 5.26 Å². The second kappa shape index (κ2) is 8.81. The average molecular weight is 431 g/mol. The van der Waals surface area contributed by atoms with Crippen molar-refractivity contribution in [3.05, 3.63) is 69.8 Å². The highest BCUT2D eigenvalue weighted by molar-refractivity contribution is 5.94. The van der Waals surface area contributed by atoms with Gasteiger partial charge >= 0.3 is 0 Å². The maximum Gasteiger partial charge on any atom is 0.280 e. The molecule has 0 spiro atoms. The van der Waals surface area contributed by atoms with Crippen molar-refractivity contribution in [2.24, 2.45) is 0 Å². The van der Waals surface area contributed by atoms with Crippen molar-refractivity contribution in [1.29, 1.82) is 5.26 Å². The van der Waals surface area contributed by atoms with Crippen LogP contribution in [-0.2, 0) is 0 Å². The number of pyridine rings is 1. The predicted molar refractivity (Wildman–Crippen MR) is 122 cm³/mol. The van der Waals surface area contributed by atoms with E-state index in [2.05, 4.69) is 34.9 Å². The van der Waals surface area contributed by atoms with Gasteiger partial charge in [0.25, 0.3) is 11.5 Å². The molecule has 3 aromatic rings. The van der Waals surface area contributed by atoms with Gasteiger partial charge in [-0.3, -0.25) is 19.6 Å². The number of benzene rings is 1. The van der Waals surface area contributed by atoms with Crippen LogP contribution in [0.4, 0.5) is 0 Å². The molecule has 1 fully saturated rings. The lowest BCUT2D eigenvalue weighted by atomic mass is 10.0. The normalized spacial score (nSPS) is 16.7. The summed E-state index contributed by atoms with van der Waals surface area (Å²) in [5.41, 5.74) is 2.92. The van der Waals surface area contributed by atoms with Crippen LogP contribution in [0.15, 0.2) is 47.5 Å². The van der Waals surface area contributed by atoms with Gasteiger partial charge in [-0.25, -0.2) is 9.67 Å². The van der Waals surface area contributed by atoms with Crippen molar-refractivity contribution in [3.8, 4) is 23.0 Å². The zero-order valence-corrected chi connectivity index (χ0v) is 18.5. The smallest absolute Gasteiger partial charge is 0.280 e. The summed E-state index contributed by atoms with van der Waals surface area (Å²) in [4.78, 5) is 34.5. The molecule has 2 aromatic heterocycles. The number of amides is 1. The van der Waals surface area contributed by atoms with Crippen LogP contribution >= 0.6 is 0 Å². The Bertz CT molecular complexity index is 1230. The molecule has 0 radical (unpaired) electrons. The second-order valence-electron chi connectivity index (χ2n) is 8.10. The molecule has 1 atom stereocenters. The van der Waals surface area contributed by atoms with Crippen LogP contribution in [0.2, 0.25) is 0 Å². The monoisotopic (exact) mass is 430 g/mol. The molecule has 1 aliphatic rings. The molecule has 8 nitrogen and oxygen atoms in total. The minimum absolute atomic E-state index is 0.0422. The fourth-order valence-corrected chi connectivity index (χ4v) is 4.25. The van der Waals surface area contributed by atoms with Gasteiger partial charge in [-0.15, -0.1) is 0 Å². The maximum atomic E-state index is 13.0. The SMILES string of the molecule is CCN1CCN(C(=O)c2ccc(-n3[nH]cc(-c4ccc(C#N)cc4C)c3=O)nc2)C[C@H]1C. The number of nitrogens with one attached hydrogen (secondary N) is 1. The molecule has 0 aliphatic carbocycles. The number of aryl methyl sites for hydroxylation is 1. The molecular formula is C24H26N6O2. The summed E-state index contributed by atoms with van der Waals surface area (Å²) in [5, 5.41) is 12.0. The number of rotatable bonds is 4. The van der Waals surface area contributed by atoms with Crippen LogP contribution in [0.3, 0.4) is 0 Å². The Hall–Kier alpha value is -3.70. The molecule has 32 heavy (non-hydrogen) atoms. The first kappa shape index (κ1) is 21.5. The minimum Gasteiger partial charge on any atom is -0.336 e. The number of hydrogen-bond acceptors (Lipinski definition) is 5. The van der Waals surface area contributed by atoms with E-state index in [9.17, 15) is 9.59 Å². The van der Waals surface area contributed by atoms with Crippen LogP contribution < -0.4 is 5.56 Å². The molecule has 0 bridgehead atoms. The molecule has 0 unspecified atom stereocenters. The van der Waals surface area contributed by atoms with E-state index < -0.39 is 0 Å². The Morgan fingerprint density at radius 2 is 2.06 bits per heavy atom. The zero-order chi connectivity index (χ0) is 22.8. The van der Waals surface area contributed by atoms with Gasteiger partial charge in [0.1, 0.15) is 0 Å². The summed E-state index contributed by atoms with van der Waals surface area (Å²) in [6.07, 6.45) is 3.15. The van der Waals surface area contributed by atoms with Crippen molar-refractivity contribution in [1.82, 2.24) is 24.6 Å². The highest BCUT2D eigenvalue weighted by atomic mass is 16.2. The molecule has 0 saturated carbocycles. The number of likely N-dealkylation sites (N-methyl/N-ethyl adjacent to an activating group) is 1. The Kier molecular flexibility index (Phi) is 5.93. The molecule has 3 heterocycles. The summed E-state index contributed by atoms with van der Waals surface area (Å²) in [5.74, 6) is 0.368. The van der Waals surface area contributed by atoms with Crippen molar-refractivity contribution < 1.29 is 4.79 Å². The number of piperazine rings is 1. The topological polar surface area (TPSA) is 98.0 Å². The van der Waals surface area contributed by atoms with Gasteiger partial charge < -0.3 is 4.90 Å². The Morgan fingerprint density at radius 3 is 2.69 bits per heavy atom. The van der Waals surface area contributed by atoms with E-state index in [1.165, 1.54) is 10.9 Å². The predicted octanol–water partition coefficient (Wildman–Crippen LogP) is 2.57. The second-order valence-corrected chi connectivity index (χ2v) is 8.10. The first-order chi connectivity index (χ1) is 15.4. The third-order valence-corrected chi connectivity index (χ3v) is 6.10. The first-order valence-corrected chi connectivity index (χ1v) is 10.7. The van der Waals surface area contributed by atoms with Gasteiger partial charge in [-0.1, -0.05) is 13.0 Å². The number of carbonyl (C=O) groups excluding carboxylic acids is 1. The van der Waals surface area contributed by atoms with E-state index in [0.717, 1.165) is 24.2 Å². The third kappa shape index (κ3) is 3.95. The summed E-state index contributed by atoms with van der Waals surface area (Å²) in [6, 6.07) is 11.0. The Morgan fingerprint density at radius 1 is 1.25 bits per heavy atom. The summed E-state index contributed by atoms with van der Waals surface area (Å²) in [6.45, 7) is 9.37. The van der Waals surface area contributed by atoms with Crippen molar-refractivity contribution in [3.63, 3.8) is 0 Å². The summed E-state index contributed by atoms with van der Waals surface area (Å²) >= 11 is 0. The lowest BCUT2D eigenvalue weighted by Gasteiger charge is -2.39. The van der Waals surface area contributed by atoms with Crippen molar-refractivity contribution in [2.75, 3.05) is 26.2 Å². The molecule has 4 rings (SSSR count). The fourth-order valence-electron chi connectivity index (χ4n) is 4.25. The number of hydrogen-bond donors (Lipinski definition) is 1. The van der Waals surface area contributed by atoms with Crippen LogP contribution in [0.1, 0.15) is 35.3 Å². The number of nitrogens with zero attached hydrogens (tertiary/aromatic N) is 5. The average Bonchev–Trinajstić information content (AvgIpc) is 3.19. The van der Waals surface area contributed by atoms with E-state index in [1.54, 1.807) is 36.5 Å². The molecule has 1 aromatic carbocycles. The highest BCUT2D eigenvalue weighted by Crippen LogP contribution is 2.21. The standard InChI is InChI=1S/C24H26N6O2/c1-4-28-9-10-29(15-17(28)3)23(31)19-6-8-22(26-13-19)30-24(32)21(14-27-30)20-7-5-18(12-25)11-16(20)2/h5-8,11,13-14,17,27H,4,9-10,15H2,1-3H3/t17-/m1/s1. The van der Waals surface area contributed by atoms with Gasteiger partial charge in [0, 0.05) is 38.1 Å². The first-order valence-electron chi connectivity index (χ1n) is 10.7. The lowest BCUT2D eigenvalue weighted by Crippen LogP contribution is -2.53. The zero-order valence-electron chi connectivity index (χ0n) is 18.5. The molecule has 1 saturated heterocycles. The van der Waals surface area contributed by atoms with Crippen LogP contribution in [-0.4, -0.2) is 62.7 Å². The largest absolute Gasteiger partial charge is 0.336 e. The maximum absolute atomic E-state index is 13.0. The van der Waals surface area contributed by atoms with E-state index in [0.29, 0.717) is 41.6 Å². The Balaban J connectivity index is 1.55. The van der Waals surface area contributed by atoms with Crippen LogP contribution in [0, 0.1) is 18.3 Å². The third-order valence-electron chi connectivity index (χ3n) is 6.10. The fraction of sp³-hybridized carbons (Fsp3) is 0.333. The molecule has 1 amide bonds. The quantitative estimate of drug-likeness (QED) is 0.686. The van der Waals surface area contributed by atoms with Gasteiger partial charge in [0.2, 0.25) is 0 Å². The van der Waals surface area contributed by atoms with Gasteiger partial charge in [0.05, 0.1) is 22.8 Å².